The molecule has 0 aliphatic heterocycles. The lowest BCUT2D eigenvalue weighted by Gasteiger charge is -2.07. The third kappa shape index (κ3) is 9.33. The molecule has 0 atom stereocenters. The molecule has 23 heavy (non-hydrogen) atoms. The lowest BCUT2D eigenvalue weighted by atomic mass is 10.2. The maximum absolute atomic E-state index is 5.52. The first kappa shape index (κ1) is 19.6. The second kappa shape index (κ2) is 13.0. The van der Waals surface area contributed by atoms with Crippen LogP contribution in [0.3, 0.4) is 0 Å². The zero-order chi connectivity index (χ0) is 16.8. The normalized spacial score (nSPS) is 9.87. The second-order valence-corrected chi connectivity index (χ2v) is 5.23. The van der Waals surface area contributed by atoms with Crippen LogP contribution < -0.4 is 4.74 Å². The Hall–Kier alpha value is -1.43. The fraction of sp³-hybridized carbons (Fsp3) is 0.389. The molecule has 0 amide bonds. The van der Waals surface area contributed by atoms with Crippen LogP contribution in [-0.4, -0.2) is 31.4 Å². The molecule has 0 spiro atoms. The van der Waals surface area contributed by atoms with Gasteiger partial charge in [0.2, 0.25) is 5.88 Å². The minimum atomic E-state index is 0.474. The first-order valence-electron chi connectivity index (χ1n) is 7.78. The molecule has 2 rings (SSSR count). The number of rotatable bonds is 9. The Morgan fingerprint density at radius 2 is 1.61 bits per heavy atom. The predicted octanol–water partition coefficient (Wildman–Crippen LogP) is 4.48. The van der Waals surface area contributed by atoms with Crippen LogP contribution in [0.4, 0.5) is 0 Å². The number of aromatic nitrogens is 1. The molecular weight excluding hydrogens is 358 g/mol. The summed E-state index contributed by atoms with van der Waals surface area (Å²) in [4.78, 5) is 4.09. The van der Waals surface area contributed by atoms with Gasteiger partial charge in [-0.15, -0.1) is 0 Å². The van der Waals surface area contributed by atoms with Crippen molar-refractivity contribution in [1.29, 1.82) is 0 Å². The minimum absolute atomic E-state index is 0.474. The van der Waals surface area contributed by atoms with Crippen LogP contribution in [-0.2, 0) is 16.1 Å². The number of halogens is 1. The molecule has 0 saturated carbocycles. The summed E-state index contributed by atoms with van der Waals surface area (Å²) < 4.78 is 17.4. The summed E-state index contributed by atoms with van der Waals surface area (Å²) in [5, 5.41) is 0. The standard InChI is InChI=1S/C16H18BrNO3.C2H6/c17-15-6-7-18-16(12-15)21-11-10-19-8-9-20-13-14-4-2-1-3-5-14;1-2/h1-7,12H,8-11,13H2;1-2H3. The SMILES string of the molecule is Brc1ccnc(OCCOCCOCc2ccccc2)c1.CC. The molecule has 1 heterocycles. The molecule has 0 fully saturated rings. The van der Waals surface area contributed by atoms with E-state index in [1.165, 1.54) is 5.56 Å². The number of hydrogen-bond acceptors (Lipinski definition) is 4. The van der Waals surface area contributed by atoms with Crippen LogP contribution in [0.2, 0.25) is 0 Å². The van der Waals surface area contributed by atoms with Gasteiger partial charge in [-0.1, -0.05) is 60.1 Å². The summed E-state index contributed by atoms with van der Waals surface area (Å²) in [5.74, 6) is 0.591. The van der Waals surface area contributed by atoms with Gasteiger partial charge in [-0.2, -0.15) is 0 Å². The molecule has 0 saturated heterocycles. The Balaban J connectivity index is 0.00000127. The largest absolute Gasteiger partial charge is 0.475 e. The maximum Gasteiger partial charge on any atom is 0.214 e. The third-order valence-electron chi connectivity index (χ3n) is 2.66. The van der Waals surface area contributed by atoms with E-state index in [1.807, 2.05) is 56.3 Å². The first-order chi connectivity index (χ1) is 11.3. The van der Waals surface area contributed by atoms with E-state index in [0.29, 0.717) is 38.9 Å². The van der Waals surface area contributed by atoms with Crippen molar-refractivity contribution in [3.05, 3.63) is 58.7 Å². The maximum atomic E-state index is 5.52. The highest BCUT2D eigenvalue weighted by molar-refractivity contribution is 9.10. The van der Waals surface area contributed by atoms with Gasteiger partial charge >= 0.3 is 0 Å². The van der Waals surface area contributed by atoms with Crippen molar-refractivity contribution >= 4 is 15.9 Å². The summed E-state index contributed by atoms with van der Waals surface area (Å²) in [6, 6.07) is 13.8. The molecule has 5 heteroatoms. The van der Waals surface area contributed by atoms with Gasteiger partial charge in [0, 0.05) is 16.7 Å². The van der Waals surface area contributed by atoms with E-state index in [-0.39, 0.29) is 0 Å². The molecule has 0 bridgehead atoms. The summed E-state index contributed by atoms with van der Waals surface area (Å²) >= 11 is 3.36. The van der Waals surface area contributed by atoms with E-state index >= 15 is 0 Å². The summed E-state index contributed by atoms with van der Waals surface area (Å²) in [7, 11) is 0. The number of hydrogen-bond donors (Lipinski definition) is 0. The van der Waals surface area contributed by atoms with Gasteiger partial charge in [-0.3, -0.25) is 0 Å². The van der Waals surface area contributed by atoms with Crippen molar-refractivity contribution in [3.63, 3.8) is 0 Å². The number of ether oxygens (including phenoxy) is 3. The molecular formula is C18H24BrNO3. The van der Waals surface area contributed by atoms with Crippen molar-refractivity contribution in [2.75, 3.05) is 26.4 Å². The summed E-state index contributed by atoms with van der Waals surface area (Å²) in [6.45, 7) is 6.74. The fourth-order valence-electron chi connectivity index (χ4n) is 1.65. The highest BCUT2D eigenvalue weighted by Crippen LogP contribution is 2.14. The van der Waals surface area contributed by atoms with Crippen LogP contribution in [0.1, 0.15) is 19.4 Å². The average molecular weight is 382 g/mol. The Morgan fingerprint density at radius 1 is 0.913 bits per heavy atom. The second-order valence-electron chi connectivity index (χ2n) is 4.31. The van der Waals surface area contributed by atoms with Gasteiger partial charge in [-0.25, -0.2) is 4.98 Å². The van der Waals surface area contributed by atoms with Crippen molar-refractivity contribution < 1.29 is 14.2 Å². The van der Waals surface area contributed by atoms with E-state index < -0.39 is 0 Å². The third-order valence-corrected chi connectivity index (χ3v) is 3.15. The van der Waals surface area contributed by atoms with Crippen molar-refractivity contribution in [2.45, 2.75) is 20.5 Å². The molecule has 0 N–H and O–H groups in total. The molecule has 0 aliphatic carbocycles. The van der Waals surface area contributed by atoms with E-state index in [1.54, 1.807) is 6.20 Å². The van der Waals surface area contributed by atoms with Gasteiger partial charge in [0.25, 0.3) is 0 Å². The van der Waals surface area contributed by atoms with Gasteiger partial charge in [-0.05, 0) is 11.6 Å². The topological polar surface area (TPSA) is 40.6 Å². The Kier molecular flexibility index (Phi) is 11.1. The van der Waals surface area contributed by atoms with Crippen molar-refractivity contribution in [3.8, 4) is 5.88 Å². The van der Waals surface area contributed by atoms with Gasteiger partial charge in [0.05, 0.1) is 26.4 Å². The van der Waals surface area contributed by atoms with Gasteiger partial charge in [0.1, 0.15) is 6.61 Å². The van der Waals surface area contributed by atoms with Crippen LogP contribution in [0, 0.1) is 0 Å². The molecule has 4 nitrogen and oxygen atoms in total. The van der Waals surface area contributed by atoms with E-state index in [4.69, 9.17) is 14.2 Å². The molecule has 1 aromatic heterocycles. The Bertz CT molecular complexity index is 523. The highest BCUT2D eigenvalue weighted by Gasteiger charge is 1.97. The smallest absolute Gasteiger partial charge is 0.214 e. The highest BCUT2D eigenvalue weighted by atomic mass is 79.9. The monoisotopic (exact) mass is 381 g/mol. The fourth-order valence-corrected chi connectivity index (χ4v) is 1.97. The number of benzene rings is 1. The Morgan fingerprint density at radius 3 is 2.35 bits per heavy atom. The van der Waals surface area contributed by atoms with E-state index in [0.717, 1.165) is 4.47 Å². The number of nitrogens with zero attached hydrogens (tertiary/aromatic N) is 1. The van der Waals surface area contributed by atoms with Crippen molar-refractivity contribution in [1.82, 2.24) is 4.98 Å². The zero-order valence-electron chi connectivity index (χ0n) is 13.7. The molecule has 0 radical (unpaired) electrons. The zero-order valence-corrected chi connectivity index (χ0v) is 15.3. The summed E-state index contributed by atoms with van der Waals surface area (Å²) in [5.41, 5.74) is 1.17. The van der Waals surface area contributed by atoms with E-state index in [2.05, 4.69) is 20.9 Å². The average Bonchev–Trinajstić information content (AvgIpc) is 2.60. The summed E-state index contributed by atoms with van der Waals surface area (Å²) in [6.07, 6.45) is 1.69. The minimum Gasteiger partial charge on any atom is -0.475 e. The first-order valence-corrected chi connectivity index (χ1v) is 8.57. The van der Waals surface area contributed by atoms with E-state index in [9.17, 15) is 0 Å². The van der Waals surface area contributed by atoms with Crippen LogP contribution in [0.5, 0.6) is 5.88 Å². The Labute approximate surface area is 146 Å². The van der Waals surface area contributed by atoms with Gasteiger partial charge in [0.15, 0.2) is 0 Å². The van der Waals surface area contributed by atoms with Crippen molar-refractivity contribution in [2.24, 2.45) is 0 Å². The molecule has 0 unspecified atom stereocenters. The molecule has 2 aromatic rings. The molecule has 126 valence electrons. The van der Waals surface area contributed by atoms with Crippen LogP contribution in [0.15, 0.2) is 53.1 Å². The molecule has 0 aliphatic rings. The quantitative estimate of drug-likeness (QED) is 0.600. The van der Waals surface area contributed by atoms with Crippen LogP contribution >= 0.6 is 15.9 Å². The molecule has 1 aromatic carbocycles. The number of pyridine rings is 1. The van der Waals surface area contributed by atoms with Crippen LogP contribution in [0.25, 0.3) is 0 Å². The predicted molar refractivity (Wildman–Crippen MR) is 95.7 cm³/mol. The lowest BCUT2D eigenvalue weighted by molar-refractivity contribution is 0.0299. The van der Waals surface area contributed by atoms with Gasteiger partial charge < -0.3 is 14.2 Å². The lowest BCUT2D eigenvalue weighted by Crippen LogP contribution is -2.11.